The van der Waals surface area contributed by atoms with Crippen LogP contribution in [0.1, 0.15) is 25.0 Å². The molecule has 0 unspecified atom stereocenters. The van der Waals surface area contributed by atoms with Gasteiger partial charge in [0.1, 0.15) is 0 Å². The van der Waals surface area contributed by atoms with Gasteiger partial charge in [0.2, 0.25) is 0 Å². The van der Waals surface area contributed by atoms with Crippen molar-refractivity contribution >= 4 is 5.69 Å². The van der Waals surface area contributed by atoms with Crippen LogP contribution in [0.15, 0.2) is 30.3 Å². The molecular formula is C19H26N2O2. The van der Waals surface area contributed by atoms with Crippen molar-refractivity contribution in [2.45, 2.75) is 27.3 Å². The second-order valence-electron chi connectivity index (χ2n) is 5.69. The highest BCUT2D eigenvalue weighted by Gasteiger charge is 2.19. The van der Waals surface area contributed by atoms with Crippen LogP contribution in [0.2, 0.25) is 0 Å². The van der Waals surface area contributed by atoms with Gasteiger partial charge in [0.25, 0.3) is 0 Å². The number of anilines is 1. The van der Waals surface area contributed by atoms with E-state index in [1.165, 1.54) is 5.56 Å². The van der Waals surface area contributed by atoms with Crippen molar-refractivity contribution in [2.75, 3.05) is 25.9 Å². The van der Waals surface area contributed by atoms with Gasteiger partial charge in [-0.1, -0.05) is 43.7 Å². The van der Waals surface area contributed by atoms with Crippen LogP contribution >= 0.6 is 0 Å². The van der Waals surface area contributed by atoms with Crippen LogP contribution in [0.25, 0.3) is 11.1 Å². The second-order valence-corrected chi connectivity index (χ2v) is 5.69. The SMILES string of the molecule is CCN(CC)Cc1c(N)c(-c2ccc(C)cc2)cc(OC)c1O. The van der Waals surface area contributed by atoms with E-state index in [4.69, 9.17) is 10.5 Å². The molecule has 0 fully saturated rings. The van der Waals surface area contributed by atoms with E-state index in [0.29, 0.717) is 18.0 Å². The molecule has 0 atom stereocenters. The summed E-state index contributed by atoms with van der Waals surface area (Å²) in [7, 11) is 1.56. The Morgan fingerprint density at radius 2 is 1.74 bits per heavy atom. The summed E-state index contributed by atoms with van der Waals surface area (Å²) in [5.41, 5.74) is 10.8. The average Bonchev–Trinajstić information content (AvgIpc) is 2.56. The number of methoxy groups -OCH3 is 1. The number of nitrogens with two attached hydrogens (primary N) is 1. The lowest BCUT2D eigenvalue weighted by Gasteiger charge is -2.22. The van der Waals surface area contributed by atoms with E-state index in [0.717, 1.165) is 29.8 Å². The average molecular weight is 314 g/mol. The molecule has 124 valence electrons. The summed E-state index contributed by atoms with van der Waals surface area (Å²) in [4.78, 5) is 2.21. The molecule has 23 heavy (non-hydrogen) atoms. The van der Waals surface area contributed by atoms with Gasteiger partial charge in [0, 0.05) is 23.4 Å². The number of aromatic hydroxyl groups is 1. The molecule has 0 spiro atoms. The van der Waals surface area contributed by atoms with E-state index < -0.39 is 0 Å². The van der Waals surface area contributed by atoms with E-state index in [1.807, 2.05) is 12.1 Å². The molecule has 0 aliphatic heterocycles. The van der Waals surface area contributed by atoms with Crippen molar-refractivity contribution < 1.29 is 9.84 Å². The molecule has 2 aromatic carbocycles. The highest BCUT2D eigenvalue weighted by molar-refractivity contribution is 5.82. The molecule has 0 radical (unpaired) electrons. The second kappa shape index (κ2) is 7.38. The van der Waals surface area contributed by atoms with Gasteiger partial charge in [-0.2, -0.15) is 0 Å². The Kier molecular flexibility index (Phi) is 5.50. The zero-order valence-electron chi connectivity index (χ0n) is 14.4. The number of phenols is 1. The fourth-order valence-electron chi connectivity index (χ4n) is 2.67. The summed E-state index contributed by atoms with van der Waals surface area (Å²) in [6, 6.07) is 9.99. The van der Waals surface area contributed by atoms with Crippen LogP contribution < -0.4 is 10.5 Å². The number of phenolic OH excluding ortho intramolecular Hbond substituents is 1. The molecule has 0 aromatic heterocycles. The van der Waals surface area contributed by atoms with Crippen LogP contribution in [0, 0.1) is 6.92 Å². The number of hydrogen-bond acceptors (Lipinski definition) is 4. The van der Waals surface area contributed by atoms with Gasteiger partial charge >= 0.3 is 0 Å². The Balaban J connectivity index is 2.57. The molecule has 0 amide bonds. The van der Waals surface area contributed by atoms with E-state index >= 15 is 0 Å². The van der Waals surface area contributed by atoms with Gasteiger partial charge in [-0.05, 0) is 31.6 Å². The normalized spacial score (nSPS) is 11.0. The fraction of sp³-hybridized carbons (Fsp3) is 0.368. The van der Waals surface area contributed by atoms with Crippen molar-refractivity contribution in [3.63, 3.8) is 0 Å². The van der Waals surface area contributed by atoms with Gasteiger partial charge in [-0.15, -0.1) is 0 Å². The molecule has 3 N–H and O–H groups in total. The Hall–Kier alpha value is -2.20. The Morgan fingerprint density at radius 3 is 2.26 bits per heavy atom. The van der Waals surface area contributed by atoms with Crippen molar-refractivity contribution in [1.29, 1.82) is 0 Å². The summed E-state index contributed by atoms with van der Waals surface area (Å²) < 4.78 is 5.35. The van der Waals surface area contributed by atoms with Crippen LogP contribution in [0.3, 0.4) is 0 Å². The molecule has 0 heterocycles. The summed E-state index contributed by atoms with van der Waals surface area (Å²) >= 11 is 0. The van der Waals surface area contributed by atoms with Crippen LogP contribution in [0.5, 0.6) is 11.5 Å². The minimum absolute atomic E-state index is 0.132. The quantitative estimate of drug-likeness (QED) is 0.796. The maximum absolute atomic E-state index is 10.5. The number of hydrogen-bond donors (Lipinski definition) is 2. The highest BCUT2D eigenvalue weighted by atomic mass is 16.5. The predicted molar refractivity (Wildman–Crippen MR) is 95.9 cm³/mol. The zero-order chi connectivity index (χ0) is 17.0. The highest BCUT2D eigenvalue weighted by Crippen LogP contribution is 2.41. The van der Waals surface area contributed by atoms with Crippen molar-refractivity contribution in [2.24, 2.45) is 0 Å². The third-order valence-corrected chi connectivity index (χ3v) is 4.27. The van der Waals surface area contributed by atoms with Crippen molar-refractivity contribution in [3.8, 4) is 22.6 Å². The number of ether oxygens (including phenoxy) is 1. The Bertz CT molecular complexity index is 662. The minimum atomic E-state index is 0.132. The first-order valence-corrected chi connectivity index (χ1v) is 7.99. The molecule has 0 bridgehead atoms. The summed E-state index contributed by atoms with van der Waals surface area (Å²) in [5, 5.41) is 10.5. The molecule has 4 heteroatoms. The molecule has 2 rings (SSSR count). The number of nitrogen functional groups attached to an aromatic ring is 1. The van der Waals surface area contributed by atoms with Gasteiger partial charge in [-0.3, -0.25) is 4.90 Å². The van der Waals surface area contributed by atoms with Gasteiger partial charge in [-0.25, -0.2) is 0 Å². The van der Waals surface area contributed by atoms with Gasteiger partial charge in [0.15, 0.2) is 11.5 Å². The van der Waals surface area contributed by atoms with Crippen molar-refractivity contribution in [1.82, 2.24) is 4.90 Å². The lowest BCUT2D eigenvalue weighted by atomic mass is 9.97. The van der Waals surface area contributed by atoms with E-state index in [1.54, 1.807) is 13.2 Å². The number of nitrogens with zero attached hydrogens (tertiary/aromatic N) is 1. The maximum atomic E-state index is 10.5. The number of rotatable bonds is 6. The number of benzene rings is 2. The van der Waals surface area contributed by atoms with E-state index in [2.05, 4.69) is 37.8 Å². The largest absolute Gasteiger partial charge is 0.504 e. The Morgan fingerprint density at radius 1 is 1.13 bits per heavy atom. The summed E-state index contributed by atoms with van der Waals surface area (Å²) in [6.45, 7) is 8.63. The first-order valence-electron chi connectivity index (χ1n) is 7.99. The molecular weight excluding hydrogens is 288 g/mol. The van der Waals surface area contributed by atoms with E-state index in [-0.39, 0.29) is 5.75 Å². The standard InChI is InChI=1S/C19H26N2O2/c1-5-21(6-2)12-16-18(20)15(11-17(23-4)19(16)22)14-9-7-13(3)8-10-14/h7-11,22H,5-6,12,20H2,1-4H3. The zero-order valence-corrected chi connectivity index (χ0v) is 14.4. The summed E-state index contributed by atoms with van der Waals surface area (Å²) in [6.07, 6.45) is 0. The molecule has 0 saturated carbocycles. The predicted octanol–water partition coefficient (Wildman–Crippen LogP) is 3.80. The Labute approximate surface area is 138 Å². The number of aryl methyl sites for hydroxylation is 1. The summed E-state index contributed by atoms with van der Waals surface area (Å²) in [5.74, 6) is 0.588. The lowest BCUT2D eigenvalue weighted by molar-refractivity contribution is 0.288. The first-order chi connectivity index (χ1) is 11.0. The molecule has 0 saturated heterocycles. The molecule has 0 aliphatic carbocycles. The third-order valence-electron chi connectivity index (χ3n) is 4.27. The lowest BCUT2D eigenvalue weighted by Crippen LogP contribution is -2.23. The minimum Gasteiger partial charge on any atom is -0.504 e. The van der Waals surface area contributed by atoms with Gasteiger partial charge < -0.3 is 15.6 Å². The molecule has 0 aliphatic rings. The monoisotopic (exact) mass is 314 g/mol. The smallest absolute Gasteiger partial charge is 0.164 e. The van der Waals surface area contributed by atoms with E-state index in [9.17, 15) is 5.11 Å². The molecule has 2 aromatic rings. The fourth-order valence-corrected chi connectivity index (χ4v) is 2.67. The van der Waals surface area contributed by atoms with Crippen LogP contribution in [-0.4, -0.2) is 30.2 Å². The van der Waals surface area contributed by atoms with Gasteiger partial charge in [0.05, 0.1) is 7.11 Å². The first kappa shape index (κ1) is 17.2. The van der Waals surface area contributed by atoms with Crippen molar-refractivity contribution in [3.05, 3.63) is 41.5 Å². The molecule has 4 nitrogen and oxygen atoms in total. The third kappa shape index (κ3) is 3.59. The van der Waals surface area contributed by atoms with Crippen LogP contribution in [0.4, 0.5) is 5.69 Å². The maximum Gasteiger partial charge on any atom is 0.164 e. The van der Waals surface area contributed by atoms with Crippen LogP contribution in [-0.2, 0) is 6.54 Å². The topological polar surface area (TPSA) is 58.7 Å².